The summed E-state index contributed by atoms with van der Waals surface area (Å²) >= 11 is 0. The minimum atomic E-state index is -0.582. The molecule has 144 valence electrons. The van der Waals surface area contributed by atoms with Crippen molar-refractivity contribution in [3.8, 4) is 5.75 Å². The molecule has 0 fully saturated rings. The first-order valence-electron chi connectivity index (χ1n) is 8.65. The van der Waals surface area contributed by atoms with Crippen LogP contribution in [0.25, 0.3) is 11.2 Å². The normalized spacial score (nSPS) is 12.3. The second-order valence-corrected chi connectivity index (χ2v) is 6.41. The first kappa shape index (κ1) is 18.7. The molecule has 3 rings (SSSR count). The average Bonchev–Trinajstić information content (AvgIpc) is 3.02. The lowest BCUT2D eigenvalue weighted by molar-refractivity contribution is 0.208. The smallest absolute Gasteiger partial charge is 0.329 e. The lowest BCUT2D eigenvalue weighted by atomic mass is 10.1. The maximum Gasteiger partial charge on any atom is 0.329 e. The van der Waals surface area contributed by atoms with Crippen LogP contribution in [-0.4, -0.2) is 44.0 Å². The fourth-order valence-corrected chi connectivity index (χ4v) is 2.86. The Morgan fingerprint density at radius 1 is 1.30 bits per heavy atom. The van der Waals surface area contributed by atoms with Crippen molar-refractivity contribution in [3.05, 3.63) is 50.7 Å². The molecule has 9 heteroatoms. The largest absolute Gasteiger partial charge is 0.497 e. The van der Waals surface area contributed by atoms with Crippen LogP contribution in [0.15, 0.2) is 33.9 Å². The van der Waals surface area contributed by atoms with E-state index in [0.717, 1.165) is 11.3 Å². The Hall–Kier alpha value is -3.07. The first-order chi connectivity index (χ1) is 12.9. The molecule has 0 spiro atoms. The van der Waals surface area contributed by atoms with Crippen LogP contribution < -0.4 is 21.3 Å². The summed E-state index contributed by atoms with van der Waals surface area (Å²) < 4.78 is 8.20. The number of anilines is 1. The van der Waals surface area contributed by atoms with Gasteiger partial charge in [-0.15, -0.1) is 0 Å². The van der Waals surface area contributed by atoms with Gasteiger partial charge in [0.2, 0.25) is 5.95 Å². The van der Waals surface area contributed by atoms with E-state index in [-0.39, 0.29) is 6.54 Å². The summed E-state index contributed by atoms with van der Waals surface area (Å²) in [6, 6.07) is 7.68. The van der Waals surface area contributed by atoms with E-state index >= 15 is 0 Å². The van der Waals surface area contributed by atoms with Gasteiger partial charge in [-0.25, -0.2) is 4.79 Å². The van der Waals surface area contributed by atoms with Crippen molar-refractivity contribution in [2.24, 2.45) is 7.05 Å². The molecule has 9 nitrogen and oxygen atoms in total. The Labute approximate surface area is 155 Å². The van der Waals surface area contributed by atoms with Crippen LogP contribution in [0.3, 0.4) is 0 Å². The summed E-state index contributed by atoms with van der Waals surface area (Å²) in [4.78, 5) is 31.0. The number of hydrogen-bond acceptors (Lipinski definition) is 6. The van der Waals surface area contributed by atoms with E-state index in [0.29, 0.717) is 30.1 Å². The Bertz CT molecular complexity index is 1050. The van der Waals surface area contributed by atoms with Gasteiger partial charge in [0.15, 0.2) is 11.2 Å². The maximum absolute atomic E-state index is 12.4. The molecule has 1 unspecified atom stereocenters. The number of aryl methyl sites for hydroxylation is 3. The highest BCUT2D eigenvalue weighted by Gasteiger charge is 2.17. The van der Waals surface area contributed by atoms with E-state index in [1.165, 1.54) is 4.57 Å². The molecule has 3 aromatic rings. The van der Waals surface area contributed by atoms with Gasteiger partial charge < -0.3 is 19.7 Å². The van der Waals surface area contributed by atoms with E-state index in [1.54, 1.807) is 25.6 Å². The van der Waals surface area contributed by atoms with Gasteiger partial charge in [0.1, 0.15) is 5.75 Å². The summed E-state index contributed by atoms with van der Waals surface area (Å²) in [6.45, 7) is 2.41. The SMILES string of the molecule is COc1ccc(CCn2c(NCC(C)O)nc3c2c(=O)[nH]c(=O)n3C)cc1. The van der Waals surface area contributed by atoms with E-state index in [4.69, 9.17) is 4.74 Å². The Morgan fingerprint density at radius 2 is 2.00 bits per heavy atom. The number of aliphatic hydroxyl groups excluding tert-OH is 1. The minimum Gasteiger partial charge on any atom is -0.497 e. The summed E-state index contributed by atoms with van der Waals surface area (Å²) in [5.74, 6) is 1.21. The Kier molecular flexibility index (Phi) is 5.31. The van der Waals surface area contributed by atoms with Crippen LogP contribution in [0.1, 0.15) is 12.5 Å². The molecule has 0 radical (unpaired) electrons. The zero-order chi connectivity index (χ0) is 19.6. The van der Waals surface area contributed by atoms with Crippen molar-refractivity contribution in [1.29, 1.82) is 0 Å². The highest BCUT2D eigenvalue weighted by molar-refractivity contribution is 5.74. The predicted molar refractivity (Wildman–Crippen MR) is 102 cm³/mol. The summed E-state index contributed by atoms with van der Waals surface area (Å²) in [5, 5.41) is 12.6. The average molecular weight is 373 g/mol. The fourth-order valence-electron chi connectivity index (χ4n) is 2.86. The number of nitrogens with zero attached hydrogens (tertiary/aromatic N) is 3. The number of benzene rings is 1. The summed E-state index contributed by atoms with van der Waals surface area (Å²) in [6.07, 6.45) is 0.0723. The number of aliphatic hydroxyl groups is 1. The lowest BCUT2D eigenvalue weighted by Crippen LogP contribution is -2.29. The van der Waals surface area contributed by atoms with E-state index in [9.17, 15) is 14.7 Å². The van der Waals surface area contributed by atoms with Gasteiger partial charge in [0.25, 0.3) is 5.56 Å². The van der Waals surface area contributed by atoms with E-state index in [1.807, 2.05) is 24.3 Å². The van der Waals surface area contributed by atoms with Crippen LogP contribution in [0, 0.1) is 0 Å². The standard InChI is InChI=1S/C18H23N5O4/c1-11(24)10-19-17-20-15-14(16(25)21-18(26)22(15)2)23(17)9-8-12-4-6-13(27-3)7-5-12/h4-7,11,24H,8-10H2,1-3H3,(H,19,20)(H,21,25,26). The molecule has 2 heterocycles. The Morgan fingerprint density at radius 3 is 2.63 bits per heavy atom. The zero-order valence-electron chi connectivity index (χ0n) is 15.5. The monoisotopic (exact) mass is 373 g/mol. The molecule has 0 saturated heterocycles. The van der Waals surface area contributed by atoms with Gasteiger partial charge >= 0.3 is 5.69 Å². The molecule has 0 aliphatic carbocycles. The van der Waals surface area contributed by atoms with Crippen molar-refractivity contribution in [2.75, 3.05) is 19.0 Å². The number of nitrogens with one attached hydrogen (secondary N) is 2. The van der Waals surface area contributed by atoms with Crippen molar-refractivity contribution in [2.45, 2.75) is 26.0 Å². The molecular weight excluding hydrogens is 350 g/mol. The van der Waals surface area contributed by atoms with Crippen LogP contribution in [0.5, 0.6) is 5.75 Å². The van der Waals surface area contributed by atoms with Gasteiger partial charge in [-0.2, -0.15) is 4.98 Å². The summed E-state index contributed by atoms with van der Waals surface area (Å²) in [5.41, 5.74) is 0.681. The molecule has 0 bridgehead atoms. The van der Waals surface area contributed by atoms with Gasteiger partial charge in [-0.3, -0.25) is 14.3 Å². The van der Waals surface area contributed by atoms with Crippen molar-refractivity contribution >= 4 is 17.1 Å². The second-order valence-electron chi connectivity index (χ2n) is 6.41. The number of ether oxygens (including phenoxy) is 1. The fraction of sp³-hybridized carbons (Fsp3) is 0.389. The van der Waals surface area contributed by atoms with Gasteiger partial charge in [-0.1, -0.05) is 12.1 Å². The highest BCUT2D eigenvalue weighted by atomic mass is 16.5. The number of aromatic amines is 1. The third kappa shape index (κ3) is 3.87. The molecule has 27 heavy (non-hydrogen) atoms. The first-order valence-corrected chi connectivity index (χ1v) is 8.65. The molecule has 0 amide bonds. The molecule has 0 aliphatic rings. The topological polar surface area (TPSA) is 114 Å². The number of rotatable bonds is 7. The van der Waals surface area contributed by atoms with Crippen LogP contribution >= 0.6 is 0 Å². The second kappa shape index (κ2) is 7.67. The number of hydrogen-bond donors (Lipinski definition) is 3. The Balaban J connectivity index is 1.99. The number of fused-ring (bicyclic) bond motifs is 1. The minimum absolute atomic E-state index is 0.276. The van der Waals surface area contributed by atoms with Crippen LogP contribution in [0.2, 0.25) is 0 Å². The third-order valence-corrected chi connectivity index (χ3v) is 4.35. The lowest BCUT2D eigenvalue weighted by Gasteiger charge is -2.12. The van der Waals surface area contributed by atoms with Crippen molar-refractivity contribution in [3.63, 3.8) is 0 Å². The van der Waals surface area contributed by atoms with Gasteiger partial charge in [-0.05, 0) is 31.0 Å². The molecule has 1 atom stereocenters. The summed E-state index contributed by atoms with van der Waals surface area (Å²) in [7, 11) is 3.17. The molecule has 1 aromatic carbocycles. The maximum atomic E-state index is 12.4. The number of imidazole rings is 1. The van der Waals surface area contributed by atoms with E-state index in [2.05, 4.69) is 15.3 Å². The highest BCUT2D eigenvalue weighted by Crippen LogP contribution is 2.18. The van der Waals surface area contributed by atoms with Crippen molar-refractivity contribution < 1.29 is 9.84 Å². The molecular formula is C18H23N5O4. The predicted octanol–water partition coefficient (Wildman–Crippen LogP) is 0.467. The van der Waals surface area contributed by atoms with Gasteiger partial charge in [0, 0.05) is 20.1 Å². The van der Waals surface area contributed by atoms with E-state index < -0.39 is 17.4 Å². The molecule has 3 N–H and O–H groups in total. The number of H-pyrrole nitrogens is 1. The number of methoxy groups -OCH3 is 1. The van der Waals surface area contributed by atoms with Crippen molar-refractivity contribution in [1.82, 2.24) is 19.1 Å². The zero-order valence-corrected chi connectivity index (χ0v) is 15.5. The van der Waals surface area contributed by atoms with Crippen LogP contribution in [0.4, 0.5) is 5.95 Å². The molecule has 2 aromatic heterocycles. The van der Waals surface area contributed by atoms with Gasteiger partial charge in [0.05, 0.1) is 13.2 Å². The quantitative estimate of drug-likeness (QED) is 0.555. The molecule has 0 aliphatic heterocycles. The third-order valence-electron chi connectivity index (χ3n) is 4.35. The number of aromatic nitrogens is 4. The van der Waals surface area contributed by atoms with Crippen LogP contribution in [-0.2, 0) is 20.0 Å². The molecule has 0 saturated carbocycles.